The largest absolute Gasteiger partial charge is 0.412 e. The second-order valence-corrected chi connectivity index (χ2v) is 2.94. The lowest BCUT2D eigenvalue weighted by molar-refractivity contribution is 0.795. The molecule has 1 aromatic carbocycles. The van der Waals surface area contributed by atoms with E-state index < -0.39 is 0 Å². The molecule has 0 saturated heterocycles. The van der Waals surface area contributed by atoms with Crippen LogP contribution in [0.4, 0.5) is 5.69 Å². The average molecular weight is 182 g/mol. The predicted octanol–water partition coefficient (Wildman–Crippen LogP) is 1.49. The Labute approximate surface area is 79.2 Å². The Balaban J connectivity index is 0.00000144. The fraction of sp³-hybridized carbons (Fsp3) is 0.400. The van der Waals surface area contributed by atoms with Crippen LogP contribution in [-0.4, -0.2) is 5.48 Å². The van der Waals surface area contributed by atoms with Gasteiger partial charge in [-0.05, 0) is 30.5 Å². The van der Waals surface area contributed by atoms with Gasteiger partial charge >= 0.3 is 0 Å². The molecule has 0 spiro atoms. The van der Waals surface area contributed by atoms with Crippen molar-refractivity contribution in [2.24, 2.45) is 5.84 Å². The highest BCUT2D eigenvalue weighted by Gasteiger charge is 1.91. The lowest BCUT2D eigenvalue weighted by Crippen LogP contribution is -2.06. The molecule has 0 radical (unpaired) electrons. The van der Waals surface area contributed by atoms with E-state index >= 15 is 0 Å². The summed E-state index contributed by atoms with van der Waals surface area (Å²) < 4.78 is 0. The van der Waals surface area contributed by atoms with Gasteiger partial charge in [0.1, 0.15) is 0 Å². The molecule has 1 rings (SSSR count). The SMILES string of the molecule is CCCCc1ccc(NN)cc1.O. The van der Waals surface area contributed by atoms with E-state index in [0.717, 1.165) is 5.69 Å². The summed E-state index contributed by atoms with van der Waals surface area (Å²) in [6.45, 7) is 2.20. The van der Waals surface area contributed by atoms with Gasteiger partial charge in [-0.25, -0.2) is 0 Å². The summed E-state index contributed by atoms with van der Waals surface area (Å²) in [4.78, 5) is 0. The zero-order valence-corrected chi connectivity index (χ0v) is 8.01. The summed E-state index contributed by atoms with van der Waals surface area (Å²) >= 11 is 0. The summed E-state index contributed by atoms with van der Waals surface area (Å²) in [5, 5.41) is 0. The summed E-state index contributed by atoms with van der Waals surface area (Å²) in [5.74, 6) is 5.25. The van der Waals surface area contributed by atoms with Gasteiger partial charge in [0, 0.05) is 5.69 Å². The average Bonchev–Trinajstić information content (AvgIpc) is 2.15. The van der Waals surface area contributed by atoms with Crippen LogP contribution in [0.5, 0.6) is 0 Å². The molecule has 0 bridgehead atoms. The molecular formula is C10H18N2O. The smallest absolute Gasteiger partial charge is 0.0485 e. The van der Waals surface area contributed by atoms with Crippen molar-refractivity contribution in [1.29, 1.82) is 0 Å². The summed E-state index contributed by atoms with van der Waals surface area (Å²) in [7, 11) is 0. The number of aryl methyl sites for hydroxylation is 1. The maximum atomic E-state index is 5.25. The molecule has 0 atom stereocenters. The van der Waals surface area contributed by atoms with Gasteiger partial charge in [0.15, 0.2) is 0 Å². The fourth-order valence-corrected chi connectivity index (χ4v) is 1.15. The molecule has 0 aliphatic carbocycles. The topological polar surface area (TPSA) is 69.5 Å². The highest BCUT2D eigenvalue weighted by Crippen LogP contribution is 2.10. The molecule has 0 unspecified atom stereocenters. The van der Waals surface area contributed by atoms with Crippen molar-refractivity contribution in [3.05, 3.63) is 29.8 Å². The molecule has 0 heterocycles. The van der Waals surface area contributed by atoms with Crippen LogP contribution in [0, 0.1) is 0 Å². The number of nitrogens with two attached hydrogens (primary N) is 1. The van der Waals surface area contributed by atoms with Crippen LogP contribution < -0.4 is 11.3 Å². The van der Waals surface area contributed by atoms with Crippen LogP contribution >= 0.6 is 0 Å². The van der Waals surface area contributed by atoms with Crippen LogP contribution in [-0.2, 0) is 6.42 Å². The van der Waals surface area contributed by atoms with Gasteiger partial charge < -0.3 is 10.9 Å². The minimum Gasteiger partial charge on any atom is -0.412 e. The molecule has 3 nitrogen and oxygen atoms in total. The van der Waals surface area contributed by atoms with Crippen LogP contribution in [0.15, 0.2) is 24.3 Å². The Hall–Kier alpha value is -1.06. The number of rotatable bonds is 4. The first-order valence-electron chi connectivity index (χ1n) is 4.42. The number of hydrogen-bond acceptors (Lipinski definition) is 2. The van der Waals surface area contributed by atoms with Crippen molar-refractivity contribution in [2.45, 2.75) is 26.2 Å². The minimum absolute atomic E-state index is 0. The molecular weight excluding hydrogens is 164 g/mol. The number of hydrogen-bond donors (Lipinski definition) is 2. The van der Waals surface area contributed by atoms with Crippen molar-refractivity contribution in [3.63, 3.8) is 0 Å². The molecule has 0 saturated carbocycles. The van der Waals surface area contributed by atoms with Crippen LogP contribution in [0.25, 0.3) is 0 Å². The number of nitrogen functional groups attached to an aromatic ring is 1. The second-order valence-electron chi connectivity index (χ2n) is 2.94. The van der Waals surface area contributed by atoms with Crippen molar-refractivity contribution < 1.29 is 5.48 Å². The lowest BCUT2D eigenvalue weighted by Gasteiger charge is -2.02. The zero-order valence-electron chi connectivity index (χ0n) is 8.01. The van der Waals surface area contributed by atoms with Gasteiger partial charge in [0.2, 0.25) is 0 Å². The Morgan fingerprint density at radius 1 is 1.23 bits per heavy atom. The van der Waals surface area contributed by atoms with Gasteiger partial charge in [0.25, 0.3) is 0 Å². The molecule has 1 aromatic rings. The molecule has 74 valence electrons. The van der Waals surface area contributed by atoms with Crippen molar-refractivity contribution in [1.82, 2.24) is 0 Å². The Bertz CT molecular complexity index is 221. The van der Waals surface area contributed by atoms with Crippen LogP contribution in [0.1, 0.15) is 25.3 Å². The van der Waals surface area contributed by atoms with E-state index in [-0.39, 0.29) is 5.48 Å². The van der Waals surface area contributed by atoms with Crippen molar-refractivity contribution >= 4 is 5.69 Å². The maximum absolute atomic E-state index is 5.25. The first-order valence-corrected chi connectivity index (χ1v) is 4.42. The highest BCUT2D eigenvalue weighted by atomic mass is 16.0. The molecule has 0 aromatic heterocycles. The standard InChI is InChI=1S/C10H16N2.H2O/c1-2-3-4-9-5-7-10(12-11)8-6-9;/h5-8,12H,2-4,11H2,1H3;1H2. The van der Waals surface area contributed by atoms with E-state index in [9.17, 15) is 0 Å². The zero-order chi connectivity index (χ0) is 8.81. The Morgan fingerprint density at radius 2 is 1.85 bits per heavy atom. The second kappa shape index (κ2) is 6.46. The van der Waals surface area contributed by atoms with Crippen LogP contribution in [0.3, 0.4) is 0 Å². The summed E-state index contributed by atoms with van der Waals surface area (Å²) in [5.41, 5.74) is 4.96. The Kier molecular flexibility index (Phi) is 5.93. The van der Waals surface area contributed by atoms with E-state index in [0.29, 0.717) is 0 Å². The lowest BCUT2D eigenvalue weighted by atomic mass is 10.1. The monoisotopic (exact) mass is 182 g/mol. The van der Waals surface area contributed by atoms with E-state index in [2.05, 4.69) is 24.5 Å². The van der Waals surface area contributed by atoms with Gasteiger partial charge in [0.05, 0.1) is 0 Å². The van der Waals surface area contributed by atoms with Gasteiger partial charge in [-0.3, -0.25) is 5.84 Å². The van der Waals surface area contributed by atoms with E-state index in [1.165, 1.54) is 24.8 Å². The number of unbranched alkanes of at least 4 members (excludes halogenated alkanes) is 1. The van der Waals surface area contributed by atoms with Crippen LogP contribution in [0.2, 0.25) is 0 Å². The van der Waals surface area contributed by atoms with E-state index in [4.69, 9.17) is 5.84 Å². The number of anilines is 1. The molecule has 0 fully saturated rings. The van der Waals surface area contributed by atoms with Crippen molar-refractivity contribution in [2.75, 3.05) is 5.43 Å². The third-order valence-corrected chi connectivity index (χ3v) is 1.94. The molecule has 0 aliphatic rings. The first kappa shape index (κ1) is 11.9. The quantitative estimate of drug-likeness (QED) is 0.547. The third kappa shape index (κ3) is 3.92. The number of nitrogens with one attached hydrogen (secondary N) is 1. The summed E-state index contributed by atoms with van der Waals surface area (Å²) in [6, 6.07) is 8.24. The maximum Gasteiger partial charge on any atom is 0.0485 e. The normalized spacial score (nSPS) is 9.08. The van der Waals surface area contributed by atoms with Crippen molar-refractivity contribution in [3.8, 4) is 0 Å². The minimum atomic E-state index is 0. The van der Waals surface area contributed by atoms with Gasteiger partial charge in [-0.1, -0.05) is 25.5 Å². The third-order valence-electron chi connectivity index (χ3n) is 1.94. The highest BCUT2D eigenvalue weighted by molar-refractivity contribution is 5.43. The number of hydrazine groups is 1. The summed E-state index contributed by atoms with van der Waals surface area (Å²) in [6.07, 6.45) is 3.67. The fourth-order valence-electron chi connectivity index (χ4n) is 1.15. The Morgan fingerprint density at radius 3 is 2.31 bits per heavy atom. The molecule has 0 aliphatic heterocycles. The molecule has 5 N–H and O–H groups in total. The van der Waals surface area contributed by atoms with Gasteiger partial charge in [-0.15, -0.1) is 0 Å². The molecule has 13 heavy (non-hydrogen) atoms. The van der Waals surface area contributed by atoms with E-state index in [1.54, 1.807) is 0 Å². The predicted molar refractivity (Wildman–Crippen MR) is 56.5 cm³/mol. The molecule has 0 amide bonds. The first-order chi connectivity index (χ1) is 5.86. The number of benzene rings is 1. The van der Waals surface area contributed by atoms with Gasteiger partial charge in [-0.2, -0.15) is 0 Å². The molecule has 3 heteroatoms. The van der Waals surface area contributed by atoms with E-state index in [1.807, 2.05) is 12.1 Å².